The molecule has 9 nitrogen and oxygen atoms in total. The molecular weight excluding hydrogens is 330 g/mol. The van der Waals surface area contributed by atoms with Gasteiger partial charge in [-0.2, -0.15) is 9.36 Å². The highest BCUT2D eigenvalue weighted by Gasteiger charge is 2.16. The van der Waals surface area contributed by atoms with Crippen molar-refractivity contribution in [3.8, 4) is 5.69 Å². The van der Waals surface area contributed by atoms with Gasteiger partial charge in [0.15, 0.2) is 0 Å². The van der Waals surface area contributed by atoms with E-state index in [0.29, 0.717) is 28.4 Å². The zero-order chi connectivity index (χ0) is 17.1. The summed E-state index contributed by atoms with van der Waals surface area (Å²) < 4.78 is 6.16. The van der Waals surface area contributed by atoms with E-state index in [1.54, 1.807) is 24.3 Å². The first-order chi connectivity index (χ1) is 11.6. The normalized spacial score (nSPS) is 10.8. The first-order valence-corrected chi connectivity index (χ1v) is 8.09. The van der Waals surface area contributed by atoms with Gasteiger partial charge in [0.2, 0.25) is 0 Å². The molecule has 0 aliphatic rings. The van der Waals surface area contributed by atoms with Crippen LogP contribution >= 0.6 is 11.5 Å². The van der Waals surface area contributed by atoms with Gasteiger partial charge in [-0.15, -0.1) is 5.10 Å². The molecule has 1 aromatic carbocycles. The molecule has 10 heteroatoms. The summed E-state index contributed by atoms with van der Waals surface area (Å²) in [6, 6.07) is 6.76. The topological polar surface area (TPSA) is 108 Å². The minimum absolute atomic E-state index is 0.238. The summed E-state index contributed by atoms with van der Waals surface area (Å²) in [6.45, 7) is 2.02. The van der Waals surface area contributed by atoms with Gasteiger partial charge in [0.25, 0.3) is 5.91 Å². The van der Waals surface area contributed by atoms with E-state index in [9.17, 15) is 9.59 Å². The van der Waals surface area contributed by atoms with Crippen molar-refractivity contribution in [1.82, 2.24) is 29.4 Å². The van der Waals surface area contributed by atoms with Crippen molar-refractivity contribution in [3.05, 3.63) is 45.3 Å². The van der Waals surface area contributed by atoms with Gasteiger partial charge in [-0.1, -0.05) is 17.8 Å². The summed E-state index contributed by atoms with van der Waals surface area (Å²) in [5.41, 5.74) is 1.54. The molecule has 0 bridgehead atoms. The highest BCUT2D eigenvalue weighted by Crippen LogP contribution is 2.17. The number of nitrogens with one attached hydrogen (secondary N) is 1. The van der Waals surface area contributed by atoms with Gasteiger partial charge in [-0.05, 0) is 52.6 Å². The van der Waals surface area contributed by atoms with Crippen molar-refractivity contribution in [2.75, 3.05) is 5.32 Å². The summed E-state index contributed by atoms with van der Waals surface area (Å²) in [5, 5.41) is 14.2. The summed E-state index contributed by atoms with van der Waals surface area (Å²) >= 11 is 1.08. The van der Waals surface area contributed by atoms with Crippen LogP contribution in [0.3, 0.4) is 0 Å². The lowest BCUT2D eigenvalue weighted by atomic mass is 10.2. The molecule has 2 aromatic heterocycles. The van der Waals surface area contributed by atoms with E-state index in [0.717, 1.165) is 22.6 Å². The van der Waals surface area contributed by atoms with Crippen molar-refractivity contribution in [2.24, 2.45) is 7.05 Å². The van der Waals surface area contributed by atoms with Crippen LogP contribution in [0, 0.1) is 0 Å². The Morgan fingerprint density at radius 3 is 2.62 bits per heavy atom. The second kappa shape index (κ2) is 6.71. The number of aromatic nitrogens is 6. The summed E-state index contributed by atoms with van der Waals surface area (Å²) in [5.74, 6) is -0.238. The molecule has 0 saturated heterocycles. The molecule has 0 spiro atoms. The van der Waals surface area contributed by atoms with Gasteiger partial charge in [0.05, 0.1) is 11.4 Å². The fourth-order valence-electron chi connectivity index (χ4n) is 2.13. The molecular formula is C14H15N7O2S. The van der Waals surface area contributed by atoms with Crippen molar-refractivity contribution in [2.45, 2.75) is 19.8 Å². The lowest BCUT2D eigenvalue weighted by molar-refractivity contribution is 0.102. The van der Waals surface area contributed by atoms with E-state index >= 15 is 0 Å². The van der Waals surface area contributed by atoms with Gasteiger partial charge in [0.1, 0.15) is 4.88 Å². The third kappa shape index (κ3) is 3.08. The average Bonchev–Trinajstić information content (AvgIpc) is 3.17. The first kappa shape index (κ1) is 16.0. The van der Waals surface area contributed by atoms with Crippen LogP contribution in [-0.2, 0) is 13.5 Å². The quantitative estimate of drug-likeness (QED) is 0.740. The molecule has 124 valence electrons. The zero-order valence-electron chi connectivity index (χ0n) is 13.1. The lowest BCUT2D eigenvalue weighted by Gasteiger charge is -2.05. The van der Waals surface area contributed by atoms with Crippen molar-refractivity contribution in [3.63, 3.8) is 0 Å². The predicted molar refractivity (Wildman–Crippen MR) is 88.5 cm³/mol. The Morgan fingerprint density at radius 2 is 2.00 bits per heavy atom. The Balaban J connectivity index is 1.77. The number of anilines is 1. The predicted octanol–water partition coefficient (Wildman–Crippen LogP) is 1.02. The standard InChI is InChI=1S/C14H15N7O2S/c1-3-4-11-12(24-19-16-11)13(22)15-9-5-7-10(8-6-9)21-14(23)20(2)17-18-21/h5-8H,3-4H2,1-2H3,(H,15,22). The molecule has 0 saturated carbocycles. The minimum Gasteiger partial charge on any atom is -0.321 e. The highest BCUT2D eigenvalue weighted by atomic mass is 32.1. The third-order valence-electron chi connectivity index (χ3n) is 3.34. The van der Waals surface area contributed by atoms with Gasteiger partial charge >= 0.3 is 5.69 Å². The number of aryl methyl sites for hydroxylation is 2. The number of hydrogen-bond donors (Lipinski definition) is 1. The molecule has 0 radical (unpaired) electrons. The molecule has 3 rings (SSSR count). The van der Waals surface area contributed by atoms with Crippen LogP contribution < -0.4 is 11.0 Å². The van der Waals surface area contributed by atoms with Crippen LogP contribution in [0.5, 0.6) is 0 Å². The van der Waals surface area contributed by atoms with E-state index in [4.69, 9.17) is 0 Å². The van der Waals surface area contributed by atoms with E-state index in [2.05, 4.69) is 25.3 Å². The first-order valence-electron chi connectivity index (χ1n) is 7.32. The van der Waals surface area contributed by atoms with E-state index in [1.807, 2.05) is 6.92 Å². The number of carbonyl (C=O) groups excluding carboxylic acids is 1. The Bertz CT molecular complexity index is 910. The number of amides is 1. The molecule has 1 N–H and O–H groups in total. The largest absolute Gasteiger partial charge is 0.368 e. The Labute approximate surface area is 141 Å². The molecule has 0 aliphatic carbocycles. The fourth-order valence-corrected chi connectivity index (χ4v) is 2.73. The Hall–Kier alpha value is -2.88. The maximum absolute atomic E-state index is 12.3. The monoisotopic (exact) mass is 345 g/mol. The van der Waals surface area contributed by atoms with Gasteiger partial charge in [0, 0.05) is 12.7 Å². The zero-order valence-corrected chi connectivity index (χ0v) is 13.9. The van der Waals surface area contributed by atoms with Crippen LogP contribution in [0.4, 0.5) is 5.69 Å². The van der Waals surface area contributed by atoms with Crippen LogP contribution in [0.15, 0.2) is 29.1 Å². The smallest absolute Gasteiger partial charge is 0.321 e. The highest BCUT2D eigenvalue weighted by molar-refractivity contribution is 7.08. The number of carbonyl (C=O) groups is 1. The van der Waals surface area contributed by atoms with Crippen molar-refractivity contribution >= 4 is 23.1 Å². The summed E-state index contributed by atoms with van der Waals surface area (Å²) in [7, 11) is 1.53. The van der Waals surface area contributed by atoms with Crippen molar-refractivity contribution < 1.29 is 4.79 Å². The maximum Gasteiger partial charge on any atom is 0.368 e. The van der Waals surface area contributed by atoms with E-state index in [1.165, 1.54) is 11.7 Å². The molecule has 0 fully saturated rings. The van der Waals surface area contributed by atoms with Crippen LogP contribution in [-0.4, -0.2) is 35.3 Å². The molecule has 0 aliphatic heterocycles. The number of hydrogen-bond acceptors (Lipinski definition) is 7. The van der Waals surface area contributed by atoms with Gasteiger partial charge in [-0.3, -0.25) is 4.79 Å². The number of tetrazole rings is 1. The van der Waals surface area contributed by atoms with E-state index < -0.39 is 0 Å². The number of rotatable bonds is 5. The van der Waals surface area contributed by atoms with E-state index in [-0.39, 0.29) is 11.6 Å². The fraction of sp³-hybridized carbons (Fsp3) is 0.286. The van der Waals surface area contributed by atoms with Crippen molar-refractivity contribution in [1.29, 1.82) is 0 Å². The third-order valence-corrected chi connectivity index (χ3v) is 4.11. The van der Waals surface area contributed by atoms with Gasteiger partial charge in [-0.25, -0.2) is 4.79 Å². The lowest BCUT2D eigenvalue weighted by Crippen LogP contribution is -2.21. The van der Waals surface area contributed by atoms with Crippen LogP contribution in [0.2, 0.25) is 0 Å². The maximum atomic E-state index is 12.3. The Kier molecular flexibility index (Phi) is 4.47. The summed E-state index contributed by atoms with van der Waals surface area (Å²) in [6.07, 6.45) is 1.61. The number of nitrogens with zero attached hydrogens (tertiary/aromatic N) is 6. The molecule has 0 atom stereocenters. The SMILES string of the molecule is CCCc1nnsc1C(=O)Nc1ccc(-n2nnn(C)c2=O)cc1. The minimum atomic E-state index is -0.341. The average molecular weight is 345 g/mol. The Morgan fingerprint density at radius 1 is 1.25 bits per heavy atom. The molecule has 24 heavy (non-hydrogen) atoms. The molecule has 0 unspecified atom stereocenters. The van der Waals surface area contributed by atoms with Crippen LogP contribution in [0.25, 0.3) is 5.69 Å². The molecule has 1 amide bonds. The second-order valence-corrected chi connectivity index (χ2v) is 5.85. The van der Waals surface area contributed by atoms with Gasteiger partial charge < -0.3 is 5.32 Å². The molecule has 3 aromatic rings. The second-order valence-electron chi connectivity index (χ2n) is 5.10. The summed E-state index contributed by atoms with van der Waals surface area (Å²) in [4.78, 5) is 24.6. The van der Waals surface area contributed by atoms with Crippen LogP contribution in [0.1, 0.15) is 28.7 Å². The molecule has 2 heterocycles. The number of benzene rings is 1.